The van der Waals surface area contributed by atoms with Crippen LogP contribution in [0.3, 0.4) is 0 Å². The maximum absolute atomic E-state index is 12.1. The van der Waals surface area contributed by atoms with E-state index in [9.17, 15) is 4.79 Å². The lowest BCUT2D eigenvalue weighted by atomic mass is 10.2. The van der Waals surface area contributed by atoms with Gasteiger partial charge in [0.05, 0.1) is 24.6 Å². The number of aromatic nitrogens is 2. The Morgan fingerprint density at radius 2 is 1.92 bits per heavy atom. The molecular formula is C18H14BrN3O3S. The van der Waals surface area contributed by atoms with Gasteiger partial charge in [-0.1, -0.05) is 51.0 Å². The van der Waals surface area contributed by atoms with Crippen molar-refractivity contribution in [3.8, 4) is 5.69 Å². The first-order valence-electron chi connectivity index (χ1n) is 7.51. The van der Waals surface area contributed by atoms with Gasteiger partial charge in [0.2, 0.25) is 0 Å². The van der Waals surface area contributed by atoms with Gasteiger partial charge < -0.3 is 9.94 Å². The fraction of sp³-hybridized carbons (Fsp3) is 0.0556. The third kappa shape index (κ3) is 3.81. The van der Waals surface area contributed by atoms with E-state index in [-0.39, 0.29) is 5.69 Å². The SMILES string of the molecule is COC(=O)c1nn(-c2ccccc2)c(Sc2ccc(Br)cc2)c1/C=N\O. The van der Waals surface area contributed by atoms with Crippen LogP contribution in [-0.4, -0.2) is 34.3 Å². The second kappa shape index (κ2) is 8.20. The molecule has 0 radical (unpaired) electrons. The van der Waals surface area contributed by atoms with Crippen LogP contribution < -0.4 is 0 Å². The van der Waals surface area contributed by atoms with Crippen LogP contribution in [0.4, 0.5) is 0 Å². The Hall–Kier alpha value is -2.58. The van der Waals surface area contributed by atoms with E-state index < -0.39 is 5.97 Å². The predicted molar refractivity (Wildman–Crippen MR) is 103 cm³/mol. The molecule has 26 heavy (non-hydrogen) atoms. The molecule has 3 rings (SSSR count). The zero-order valence-corrected chi connectivity index (χ0v) is 16.1. The summed E-state index contributed by atoms with van der Waals surface area (Å²) < 4.78 is 7.42. The first kappa shape index (κ1) is 18.2. The van der Waals surface area contributed by atoms with Gasteiger partial charge in [-0.05, 0) is 36.4 Å². The lowest BCUT2D eigenvalue weighted by Gasteiger charge is -2.08. The summed E-state index contributed by atoms with van der Waals surface area (Å²) in [5.74, 6) is -0.604. The summed E-state index contributed by atoms with van der Waals surface area (Å²) in [6.07, 6.45) is 1.19. The van der Waals surface area contributed by atoms with Gasteiger partial charge in [0.1, 0.15) is 5.03 Å². The van der Waals surface area contributed by atoms with E-state index in [0.717, 1.165) is 15.1 Å². The van der Waals surface area contributed by atoms with Crippen molar-refractivity contribution in [2.45, 2.75) is 9.92 Å². The number of esters is 1. The number of carbonyl (C=O) groups is 1. The molecular weight excluding hydrogens is 418 g/mol. The molecule has 0 aliphatic heterocycles. The maximum atomic E-state index is 12.1. The Morgan fingerprint density at radius 3 is 2.54 bits per heavy atom. The highest BCUT2D eigenvalue weighted by Gasteiger charge is 2.24. The average Bonchev–Trinajstić information content (AvgIpc) is 3.02. The zero-order valence-electron chi connectivity index (χ0n) is 13.7. The van der Waals surface area contributed by atoms with Gasteiger partial charge in [-0.25, -0.2) is 9.48 Å². The van der Waals surface area contributed by atoms with Crippen LogP contribution in [-0.2, 0) is 4.74 Å². The normalized spacial score (nSPS) is 11.0. The highest BCUT2D eigenvalue weighted by atomic mass is 79.9. The number of ether oxygens (including phenoxy) is 1. The molecule has 0 bridgehead atoms. The van der Waals surface area contributed by atoms with Gasteiger partial charge in [-0.2, -0.15) is 5.10 Å². The summed E-state index contributed by atoms with van der Waals surface area (Å²) in [4.78, 5) is 13.1. The molecule has 0 unspecified atom stereocenters. The third-order valence-electron chi connectivity index (χ3n) is 3.47. The maximum Gasteiger partial charge on any atom is 0.359 e. The van der Waals surface area contributed by atoms with Crippen molar-refractivity contribution in [3.05, 3.63) is 70.3 Å². The van der Waals surface area contributed by atoms with E-state index in [0.29, 0.717) is 10.6 Å². The number of halogens is 1. The van der Waals surface area contributed by atoms with Gasteiger partial charge in [-0.15, -0.1) is 0 Å². The van der Waals surface area contributed by atoms with Gasteiger partial charge in [0.25, 0.3) is 0 Å². The summed E-state index contributed by atoms with van der Waals surface area (Å²) in [7, 11) is 1.28. The topological polar surface area (TPSA) is 76.7 Å². The highest BCUT2D eigenvalue weighted by Crippen LogP contribution is 2.34. The van der Waals surface area contributed by atoms with E-state index in [4.69, 9.17) is 9.94 Å². The fourth-order valence-electron chi connectivity index (χ4n) is 2.29. The van der Waals surface area contributed by atoms with Crippen LogP contribution in [0.25, 0.3) is 5.69 Å². The minimum absolute atomic E-state index is 0.0776. The highest BCUT2D eigenvalue weighted by molar-refractivity contribution is 9.10. The van der Waals surface area contributed by atoms with Crippen molar-refractivity contribution >= 4 is 39.9 Å². The van der Waals surface area contributed by atoms with Crippen LogP contribution in [0, 0.1) is 0 Å². The Labute approximate surface area is 162 Å². The van der Waals surface area contributed by atoms with Crippen LogP contribution in [0.1, 0.15) is 16.1 Å². The number of para-hydroxylation sites is 1. The molecule has 2 aromatic carbocycles. The number of hydrogen-bond acceptors (Lipinski definition) is 6. The number of rotatable bonds is 5. The number of benzene rings is 2. The summed E-state index contributed by atoms with van der Waals surface area (Å²) in [6.45, 7) is 0. The molecule has 6 nitrogen and oxygen atoms in total. The Bertz CT molecular complexity index is 940. The molecule has 0 fully saturated rings. The first-order valence-corrected chi connectivity index (χ1v) is 9.12. The number of oxime groups is 1. The summed E-state index contributed by atoms with van der Waals surface area (Å²) in [5, 5.41) is 17.2. The van der Waals surface area contributed by atoms with E-state index in [1.807, 2.05) is 54.6 Å². The molecule has 0 amide bonds. The van der Waals surface area contributed by atoms with Crippen molar-refractivity contribution in [2.24, 2.45) is 5.16 Å². The second-order valence-corrected chi connectivity index (χ2v) is 7.08. The first-order chi connectivity index (χ1) is 12.6. The number of methoxy groups -OCH3 is 1. The van der Waals surface area contributed by atoms with Crippen LogP contribution in [0.5, 0.6) is 0 Å². The van der Waals surface area contributed by atoms with Gasteiger partial charge in [0, 0.05) is 9.37 Å². The predicted octanol–water partition coefficient (Wildman–Crippen LogP) is 4.38. The molecule has 1 aromatic heterocycles. The molecule has 1 N–H and O–H groups in total. The molecule has 0 spiro atoms. The quantitative estimate of drug-likeness (QED) is 0.280. The summed E-state index contributed by atoms with van der Waals surface area (Å²) >= 11 is 4.81. The fourth-order valence-corrected chi connectivity index (χ4v) is 3.54. The van der Waals surface area contributed by atoms with Crippen molar-refractivity contribution in [1.82, 2.24) is 9.78 Å². The molecule has 0 atom stereocenters. The second-order valence-electron chi connectivity index (χ2n) is 5.11. The Kier molecular flexibility index (Phi) is 5.75. The Balaban J connectivity index is 2.18. The lowest BCUT2D eigenvalue weighted by molar-refractivity contribution is 0.0593. The van der Waals surface area contributed by atoms with Crippen molar-refractivity contribution < 1.29 is 14.7 Å². The van der Waals surface area contributed by atoms with Crippen LogP contribution >= 0.6 is 27.7 Å². The monoisotopic (exact) mass is 431 g/mol. The van der Waals surface area contributed by atoms with Crippen molar-refractivity contribution in [2.75, 3.05) is 7.11 Å². The molecule has 0 aliphatic carbocycles. The average molecular weight is 432 g/mol. The molecule has 0 saturated heterocycles. The minimum atomic E-state index is -0.604. The molecule has 132 valence electrons. The zero-order chi connectivity index (χ0) is 18.5. The molecule has 0 aliphatic rings. The minimum Gasteiger partial charge on any atom is -0.464 e. The van der Waals surface area contributed by atoms with E-state index in [1.54, 1.807) is 4.68 Å². The standard InChI is InChI=1S/C18H14BrN3O3S/c1-25-18(23)16-15(11-20-24)17(26-14-9-7-12(19)8-10-14)22(21-16)13-5-3-2-4-6-13/h2-11,24H,1H3/b20-11-. The van der Waals surface area contributed by atoms with Gasteiger partial charge in [0.15, 0.2) is 5.69 Å². The van der Waals surface area contributed by atoms with E-state index in [1.165, 1.54) is 25.1 Å². The smallest absolute Gasteiger partial charge is 0.359 e. The van der Waals surface area contributed by atoms with Gasteiger partial charge in [-0.3, -0.25) is 0 Å². The summed E-state index contributed by atoms with van der Waals surface area (Å²) in [6, 6.07) is 17.1. The lowest BCUT2D eigenvalue weighted by Crippen LogP contribution is -2.06. The summed E-state index contributed by atoms with van der Waals surface area (Å²) in [5.41, 5.74) is 1.24. The van der Waals surface area contributed by atoms with Crippen LogP contribution in [0.2, 0.25) is 0 Å². The number of nitrogens with zero attached hydrogens (tertiary/aromatic N) is 3. The molecule has 3 aromatic rings. The van der Waals surface area contributed by atoms with E-state index >= 15 is 0 Å². The number of carbonyl (C=O) groups excluding carboxylic acids is 1. The molecule has 1 heterocycles. The van der Waals surface area contributed by atoms with Crippen molar-refractivity contribution in [3.63, 3.8) is 0 Å². The van der Waals surface area contributed by atoms with Gasteiger partial charge >= 0.3 is 5.97 Å². The van der Waals surface area contributed by atoms with Crippen molar-refractivity contribution in [1.29, 1.82) is 0 Å². The largest absolute Gasteiger partial charge is 0.464 e. The number of hydrogen-bond donors (Lipinski definition) is 1. The molecule has 8 heteroatoms. The van der Waals surface area contributed by atoms with Crippen LogP contribution in [0.15, 0.2) is 74.1 Å². The third-order valence-corrected chi connectivity index (χ3v) is 5.10. The Morgan fingerprint density at radius 1 is 1.23 bits per heavy atom. The molecule has 0 saturated carbocycles. The van der Waals surface area contributed by atoms with E-state index in [2.05, 4.69) is 26.2 Å².